The largest absolute Gasteiger partial charge is 0.336 e. The summed E-state index contributed by atoms with van der Waals surface area (Å²) in [6, 6.07) is 16.1. The molecule has 0 amide bonds. The van der Waals surface area contributed by atoms with Crippen LogP contribution in [0.2, 0.25) is 0 Å². The molecule has 0 spiro atoms. The number of H-pyrrole nitrogens is 1. The number of aromatic amines is 1. The Bertz CT molecular complexity index is 1200. The number of aryl methyl sites for hydroxylation is 1. The van der Waals surface area contributed by atoms with Gasteiger partial charge in [-0.15, -0.1) is 11.8 Å². The van der Waals surface area contributed by atoms with Crippen LogP contribution in [0.5, 0.6) is 0 Å². The minimum Gasteiger partial charge on any atom is -0.336 e. The molecule has 1 saturated carbocycles. The quantitative estimate of drug-likeness (QED) is 0.166. The molecule has 1 aromatic heterocycles. The van der Waals surface area contributed by atoms with Crippen molar-refractivity contribution in [2.24, 2.45) is 11.8 Å². The third-order valence-electron chi connectivity index (χ3n) is 7.62. The third-order valence-corrected chi connectivity index (χ3v) is 8.45. The van der Waals surface area contributed by atoms with Crippen molar-refractivity contribution >= 4 is 29.5 Å². The van der Waals surface area contributed by atoms with Crippen LogP contribution in [-0.4, -0.2) is 22.7 Å². The Labute approximate surface area is 252 Å². The molecule has 1 aliphatic rings. The van der Waals surface area contributed by atoms with Crippen molar-refractivity contribution in [3.05, 3.63) is 82.8 Å². The Morgan fingerprint density at radius 2 is 1.85 bits per heavy atom. The van der Waals surface area contributed by atoms with Gasteiger partial charge in [-0.3, -0.25) is 5.10 Å². The Morgan fingerprint density at radius 3 is 2.41 bits per heavy atom. The topological polar surface area (TPSA) is 64.6 Å². The molecule has 1 fully saturated rings. The molecule has 6 heteroatoms. The van der Waals surface area contributed by atoms with Crippen molar-refractivity contribution in [2.45, 2.75) is 97.3 Å². The maximum atomic E-state index is 14.9. The summed E-state index contributed by atoms with van der Waals surface area (Å²) in [4.78, 5) is 0.985. The van der Waals surface area contributed by atoms with Gasteiger partial charge in [-0.2, -0.15) is 5.10 Å². The molecule has 0 radical (unpaired) electrons. The van der Waals surface area contributed by atoms with Gasteiger partial charge in [0.2, 0.25) is 0 Å². The first-order valence-corrected chi connectivity index (χ1v) is 16.4. The summed E-state index contributed by atoms with van der Waals surface area (Å²) in [7, 11) is 0. The summed E-state index contributed by atoms with van der Waals surface area (Å²) in [5, 5.41) is 18.2. The number of nitrogens with zero attached hydrogens (tertiary/aromatic N) is 1. The van der Waals surface area contributed by atoms with Crippen molar-refractivity contribution < 1.29 is 4.39 Å². The second-order valence-corrected chi connectivity index (χ2v) is 11.8. The summed E-state index contributed by atoms with van der Waals surface area (Å²) < 4.78 is 14.9. The standard InChI is InChI=1S/C25H35FN4S.C7H8.C3H8/c1-5-16(3)18(11-12-27)13-17-7-8-19(14-17)22-15-24(30-29-22)28-21-9-10-23(31-4)20(6-2)25(21)26;1-7-5-3-2-4-6-7;1-3-2/h9-12,15-17,19,27H,5-8,13-14H2,1-4H3,(H2,28,29,30);2-6H,1H3;3H2,1-2H3/b18-11-,27-12?;;. The number of hydrogen-bond donors (Lipinski definition) is 3. The predicted octanol–water partition coefficient (Wildman–Crippen LogP) is 10.9. The maximum absolute atomic E-state index is 14.9. The van der Waals surface area contributed by atoms with E-state index in [1.807, 2.05) is 49.6 Å². The lowest BCUT2D eigenvalue weighted by atomic mass is 9.88. The van der Waals surface area contributed by atoms with Crippen LogP contribution in [0.15, 0.2) is 65.1 Å². The van der Waals surface area contributed by atoms with Crippen LogP contribution in [0, 0.1) is 30.0 Å². The fourth-order valence-corrected chi connectivity index (χ4v) is 5.87. The van der Waals surface area contributed by atoms with Crippen molar-refractivity contribution in [3.8, 4) is 0 Å². The van der Waals surface area contributed by atoms with Crippen LogP contribution in [-0.2, 0) is 6.42 Å². The number of benzene rings is 2. The van der Waals surface area contributed by atoms with E-state index in [1.165, 1.54) is 30.2 Å². The predicted molar refractivity (Wildman–Crippen MR) is 178 cm³/mol. The summed E-state index contributed by atoms with van der Waals surface area (Å²) in [5.41, 5.74) is 5.07. The summed E-state index contributed by atoms with van der Waals surface area (Å²) >= 11 is 1.57. The van der Waals surface area contributed by atoms with Gasteiger partial charge < -0.3 is 10.7 Å². The number of aromatic nitrogens is 2. The monoisotopic (exact) mass is 578 g/mol. The molecule has 224 valence electrons. The normalized spacial score (nSPS) is 17.1. The number of hydrogen-bond acceptors (Lipinski definition) is 4. The molecule has 3 atom stereocenters. The highest BCUT2D eigenvalue weighted by molar-refractivity contribution is 7.98. The van der Waals surface area contributed by atoms with Crippen molar-refractivity contribution in [1.29, 1.82) is 5.41 Å². The van der Waals surface area contributed by atoms with Gasteiger partial charge in [-0.25, -0.2) is 4.39 Å². The van der Waals surface area contributed by atoms with E-state index < -0.39 is 0 Å². The lowest BCUT2D eigenvalue weighted by Gasteiger charge is -2.18. The molecule has 2 aromatic carbocycles. The van der Waals surface area contributed by atoms with Crippen LogP contribution < -0.4 is 5.32 Å². The van der Waals surface area contributed by atoms with Crippen molar-refractivity contribution in [1.82, 2.24) is 10.2 Å². The average molecular weight is 579 g/mol. The lowest BCUT2D eigenvalue weighted by Crippen LogP contribution is -2.05. The van der Waals surface area contributed by atoms with Crippen LogP contribution in [0.3, 0.4) is 0 Å². The highest BCUT2D eigenvalue weighted by Gasteiger charge is 2.28. The first-order valence-electron chi connectivity index (χ1n) is 15.2. The van der Waals surface area contributed by atoms with Gasteiger partial charge in [-0.05, 0) is 81.7 Å². The second kappa shape index (κ2) is 18.5. The number of allylic oxidation sites excluding steroid dienone is 2. The second-order valence-electron chi connectivity index (χ2n) is 11.0. The molecule has 4 nitrogen and oxygen atoms in total. The van der Waals surface area contributed by atoms with Gasteiger partial charge in [0.1, 0.15) is 0 Å². The molecule has 0 aliphatic heterocycles. The molecule has 1 heterocycles. The van der Waals surface area contributed by atoms with Gasteiger partial charge in [0, 0.05) is 34.4 Å². The number of anilines is 2. The Balaban J connectivity index is 0.000000498. The van der Waals surface area contributed by atoms with Gasteiger partial charge in [0.25, 0.3) is 0 Å². The molecule has 1 aliphatic carbocycles. The zero-order valence-electron chi connectivity index (χ0n) is 26.2. The zero-order chi connectivity index (χ0) is 30.2. The Kier molecular flexibility index (Phi) is 15.5. The van der Waals surface area contributed by atoms with E-state index >= 15 is 0 Å². The average Bonchev–Trinajstić information content (AvgIpc) is 3.64. The van der Waals surface area contributed by atoms with Crippen LogP contribution in [0.4, 0.5) is 15.9 Å². The number of thioether (sulfide) groups is 1. The molecule has 41 heavy (non-hydrogen) atoms. The molecule has 0 saturated heterocycles. The smallest absolute Gasteiger partial charge is 0.152 e. The Morgan fingerprint density at radius 1 is 1.15 bits per heavy atom. The highest BCUT2D eigenvalue weighted by atomic mass is 32.2. The van der Waals surface area contributed by atoms with Crippen LogP contribution >= 0.6 is 11.8 Å². The van der Waals surface area contributed by atoms with Gasteiger partial charge >= 0.3 is 0 Å². The first-order chi connectivity index (χ1) is 19.8. The molecule has 3 N–H and O–H groups in total. The van der Waals surface area contributed by atoms with E-state index in [4.69, 9.17) is 5.41 Å². The fourth-order valence-electron chi connectivity index (χ4n) is 5.18. The molecule has 3 aromatic rings. The first kappa shape index (κ1) is 34.3. The Hall–Kier alpha value is -2.86. The van der Waals surface area contributed by atoms with E-state index in [0.29, 0.717) is 35.7 Å². The highest BCUT2D eigenvalue weighted by Crippen LogP contribution is 2.42. The van der Waals surface area contributed by atoms with E-state index in [1.54, 1.807) is 17.8 Å². The molecule has 0 bridgehead atoms. The lowest BCUT2D eigenvalue weighted by molar-refractivity contribution is 0.492. The summed E-state index contributed by atoms with van der Waals surface area (Å²) in [5.74, 6) is 2.12. The maximum Gasteiger partial charge on any atom is 0.152 e. The van der Waals surface area contributed by atoms with Gasteiger partial charge in [0.05, 0.1) is 5.69 Å². The van der Waals surface area contributed by atoms with E-state index in [2.05, 4.69) is 62.3 Å². The summed E-state index contributed by atoms with van der Waals surface area (Å²) in [6.07, 6.45) is 13.0. The van der Waals surface area contributed by atoms with E-state index in [-0.39, 0.29) is 5.82 Å². The van der Waals surface area contributed by atoms with Crippen molar-refractivity contribution in [2.75, 3.05) is 11.6 Å². The fraction of sp³-hybridized carbons (Fsp3) is 0.486. The molecular weight excluding hydrogens is 527 g/mol. The SMILES string of the molecule is CCC.CCc1c(SC)ccc(Nc2cc(C3CCC(C/C(=C/C=N)C(C)CC)C3)[nH]n2)c1F.Cc1ccccc1. The third kappa shape index (κ3) is 10.8. The van der Waals surface area contributed by atoms with Crippen LogP contribution in [0.1, 0.15) is 95.9 Å². The number of rotatable bonds is 10. The number of halogens is 1. The minimum atomic E-state index is -0.185. The van der Waals surface area contributed by atoms with E-state index in [0.717, 1.165) is 41.8 Å². The van der Waals surface area contributed by atoms with Crippen molar-refractivity contribution in [3.63, 3.8) is 0 Å². The summed E-state index contributed by atoms with van der Waals surface area (Å²) in [6.45, 7) is 12.8. The molecule has 4 rings (SSSR count). The van der Waals surface area contributed by atoms with Gasteiger partial charge in [0.15, 0.2) is 11.6 Å². The molecule has 3 unspecified atom stereocenters. The number of nitrogens with one attached hydrogen (secondary N) is 3. The zero-order valence-corrected chi connectivity index (χ0v) is 27.0. The van der Waals surface area contributed by atoms with E-state index in [9.17, 15) is 4.39 Å². The minimum absolute atomic E-state index is 0.185. The van der Waals surface area contributed by atoms with Gasteiger partial charge in [-0.1, -0.05) is 82.5 Å². The molecular formula is C35H51FN4S. The van der Waals surface area contributed by atoms with Crippen LogP contribution in [0.25, 0.3) is 0 Å².